The fraction of sp³-hybridized carbons (Fsp3) is 0.696. The van der Waals surface area contributed by atoms with Crippen LogP contribution in [-0.2, 0) is 28.6 Å². The molecule has 1 atom stereocenters. The van der Waals surface area contributed by atoms with Crippen molar-refractivity contribution in [3.05, 3.63) is 85.1 Å². The van der Waals surface area contributed by atoms with Gasteiger partial charge in [0.05, 0.1) is 0 Å². The first-order valence-corrected chi connectivity index (χ1v) is 25.6. The monoisotopic (exact) mass is 863 g/mol. The maximum Gasteiger partial charge on any atom is 0.306 e. The largest absolute Gasteiger partial charge is 0.462 e. The maximum absolute atomic E-state index is 12.8. The Labute approximate surface area is 382 Å². The van der Waals surface area contributed by atoms with E-state index in [2.05, 4.69) is 106 Å². The number of carbonyl (C=O) groups excluding carboxylic acids is 3. The zero-order valence-electron chi connectivity index (χ0n) is 40.4. The molecule has 0 aliphatic rings. The molecule has 0 unspecified atom stereocenters. The molecule has 0 rings (SSSR count). The van der Waals surface area contributed by atoms with Crippen molar-refractivity contribution in [3.63, 3.8) is 0 Å². The van der Waals surface area contributed by atoms with Gasteiger partial charge in [-0.1, -0.05) is 209 Å². The number of esters is 3. The molecule has 6 heteroatoms. The highest BCUT2D eigenvalue weighted by Gasteiger charge is 2.19. The predicted molar refractivity (Wildman–Crippen MR) is 265 cm³/mol. The number of hydrogen-bond acceptors (Lipinski definition) is 6. The highest BCUT2D eigenvalue weighted by atomic mass is 16.6. The van der Waals surface area contributed by atoms with Gasteiger partial charge in [-0.2, -0.15) is 0 Å². The number of unbranched alkanes of at least 4 members (excludes halogenated alkanes) is 20. The number of rotatable bonds is 45. The lowest BCUT2D eigenvalue weighted by Crippen LogP contribution is -2.30. The topological polar surface area (TPSA) is 78.9 Å². The van der Waals surface area contributed by atoms with E-state index in [1.165, 1.54) is 83.5 Å². The summed E-state index contributed by atoms with van der Waals surface area (Å²) in [6.07, 6.45) is 64.2. The summed E-state index contributed by atoms with van der Waals surface area (Å²) in [7, 11) is 0. The summed E-state index contributed by atoms with van der Waals surface area (Å²) in [4.78, 5) is 37.9. The molecule has 0 bridgehead atoms. The summed E-state index contributed by atoms with van der Waals surface area (Å²) in [5, 5.41) is 0. The maximum atomic E-state index is 12.8. The predicted octanol–water partition coefficient (Wildman–Crippen LogP) is 16.8. The first-order chi connectivity index (χ1) is 30.5. The van der Waals surface area contributed by atoms with Crippen LogP contribution in [0, 0.1) is 0 Å². The van der Waals surface area contributed by atoms with E-state index in [-0.39, 0.29) is 37.5 Å². The van der Waals surface area contributed by atoms with E-state index in [0.29, 0.717) is 19.3 Å². The third-order valence-corrected chi connectivity index (χ3v) is 10.6. The molecular formula is C56H94O6. The molecule has 354 valence electrons. The van der Waals surface area contributed by atoms with Crippen LogP contribution in [0.3, 0.4) is 0 Å². The normalized spacial score (nSPS) is 12.8. The van der Waals surface area contributed by atoms with Crippen molar-refractivity contribution in [2.75, 3.05) is 13.2 Å². The highest BCUT2D eigenvalue weighted by Crippen LogP contribution is 2.14. The minimum atomic E-state index is -0.805. The Hall–Kier alpha value is -3.41. The standard InChI is InChI=1S/C56H94O6/c1-4-7-10-13-16-19-22-25-27-28-30-31-34-37-40-43-46-49-55(58)61-52-53(51-60-54(57)48-45-42-39-36-33-24-21-18-15-12-9-6-3)62-56(59)50-47-44-41-38-35-32-29-26-23-20-17-14-11-8-5-2/h8,11,16-17,19-20,25-27,29-31,37,40,53H,4-7,9-10,12-15,18,21-24,28,32-36,38-39,41-52H2,1-3H3/b11-8-,19-16-,20-17-,27-25-,29-26-,31-30-,40-37-/t53-/m1/s1. The van der Waals surface area contributed by atoms with E-state index in [1.54, 1.807) is 0 Å². The van der Waals surface area contributed by atoms with Crippen molar-refractivity contribution in [1.82, 2.24) is 0 Å². The minimum Gasteiger partial charge on any atom is -0.462 e. The number of hydrogen-bond donors (Lipinski definition) is 0. The van der Waals surface area contributed by atoms with Gasteiger partial charge in [-0.15, -0.1) is 0 Å². The molecular weight excluding hydrogens is 769 g/mol. The quantitative estimate of drug-likeness (QED) is 0.0263. The van der Waals surface area contributed by atoms with Gasteiger partial charge in [-0.05, 0) is 89.9 Å². The second kappa shape index (κ2) is 50.2. The molecule has 0 saturated heterocycles. The van der Waals surface area contributed by atoms with Gasteiger partial charge in [0.25, 0.3) is 0 Å². The van der Waals surface area contributed by atoms with Crippen LogP contribution in [0.2, 0.25) is 0 Å². The summed E-state index contributed by atoms with van der Waals surface area (Å²) >= 11 is 0. The summed E-state index contributed by atoms with van der Waals surface area (Å²) in [5.74, 6) is -0.977. The average molecular weight is 863 g/mol. The Morgan fingerprint density at radius 1 is 0.339 bits per heavy atom. The van der Waals surface area contributed by atoms with Crippen LogP contribution in [0.1, 0.15) is 233 Å². The van der Waals surface area contributed by atoms with E-state index in [1.807, 2.05) is 0 Å². The third-order valence-electron chi connectivity index (χ3n) is 10.6. The Kier molecular flexibility index (Phi) is 47.5. The first-order valence-electron chi connectivity index (χ1n) is 25.6. The molecule has 0 spiro atoms. The molecule has 0 aliphatic carbocycles. The van der Waals surface area contributed by atoms with Gasteiger partial charge in [0.15, 0.2) is 6.10 Å². The lowest BCUT2D eigenvalue weighted by molar-refractivity contribution is -0.167. The van der Waals surface area contributed by atoms with Crippen LogP contribution in [-0.4, -0.2) is 37.2 Å². The molecule has 6 nitrogen and oxygen atoms in total. The minimum absolute atomic E-state index is 0.0997. The molecule has 0 aliphatic heterocycles. The van der Waals surface area contributed by atoms with Crippen LogP contribution in [0.25, 0.3) is 0 Å². The number of allylic oxidation sites excluding steroid dienone is 14. The average Bonchev–Trinajstić information content (AvgIpc) is 3.27. The van der Waals surface area contributed by atoms with Crippen LogP contribution >= 0.6 is 0 Å². The summed E-state index contributed by atoms with van der Waals surface area (Å²) in [6.45, 7) is 6.43. The number of carbonyl (C=O) groups is 3. The van der Waals surface area contributed by atoms with Gasteiger partial charge < -0.3 is 14.2 Å². The summed E-state index contributed by atoms with van der Waals surface area (Å²) in [6, 6.07) is 0. The fourth-order valence-corrected chi connectivity index (χ4v) is 6.80. The molecule has 0 aromatic carbocycles. The Bertz CT molecular complexity index is 1220. The van der Waals surface area contributed by atoms with Crippen molar-refractivity contribution in [2.24, 2.45) is 0 Å². The van der Waals surface area contributed by atoms with E-state index in [9.17, 15) is 14.4 Å². The van der Waals surface area contributed by atoms with Crippen LogP contribution in [0.4, 0.5) is 0 Å². The van der Waals surface area contributed by atoms with Crippen molar-refractivity contribution in [1.29, 1.82) is 0 Å². The molecule has 0 saturated carbocycles. The van der Waals surface area contributed by atoms with E-state index >= 15 is 0 Å². The second-order valence-corrected chi connectivity index (χ2v) is 16.7. The molecule has 0 N–H and O–H groups in total. The molecule has 0 amide bonds. The number of ether oxygens (including phenoxy) is 3. The third kappa shape index (κ3) is 47.6. The van der Waals surface area contributed by atoms with E-state index in [0.717, 1.165) is 103 Å². The lowest BCUT2D eigenvalue weighted by Gasteiger charge is -2.18. The Morgan fingerprint density at radius 3 is 1.08 bits per heavy atom. The van der Waals surface area contributed by atoms with Gasteiger partial charge in [0.1, 0.15) is 13.2 Å². The van der Waals surface area contributed by atoms with Gasteiger partial charge >= 0.3 is 17.9 Å². The molecule has 62 heavy (non-hydrogen) atoms. The van der Waals surface area contributed by atoms with Crippen LogP contribution < -0.4 is 0 Å². The highest BCUT2D eigenvalue weighted by molar-refractivity contribution is 5.71. The molecule has 0 radical (unpaired) electrons. The van der Waals surface area contributed by atoms with Gasteiger partial charge in [-0.3, -0.25) is 14.4 Å². The molecule has 0 aromatic heterocycles. The van der Waals surface area contributed by atoms with E-state index in [4.69, 9.17) is 14.2 Å². The smallest absolute Gasteiger partial charge is 0.306 e. The SMILES string of the molecule is CC/C=C\C/C=C\C/C=C\CCCCCCCC(=O)O[C@@H](COC(=O)CCC/C=C\C/C=C\C/C=C\C/C=C\CCCCC)COC(=O)CCCCCCCCCCCCCC. The van der Waals surface area contributed by atoms with Crippen LogP contribution in [0.5, 0.6) is 0 Å². The van der Waals surface area contributed by atoms with Gasteiger partial charge in [0, 0.05) is 19.3 Å². The molecule has 0 fully saturated rings. The zero-order chi connectivity index (χ0) is 45.1. The summed E-state index contributed by atoms with van der Waals surface area (Å²) < 4.78 is 16.7. The fourth-order valence-electron chi connectivity index (χ4n) is 6.80. The second-order valence-electron chi connectivity index (χ2n) is 16.7. The van der Waals surface area contributed by atoms with Crippen molar-refractivity contribution >= 4 is 17.9 Å². The lowest BCUT2D eigenvalue weighted by atomic mass is 10.0. The van der Waals surface area contributed by atoms with E-state index < -0.39 is 6.10 Å². The molecule has 0 aromatic rings. The molecule has 0 heterocycles. The van der Waals surface area contributed by atoms with Crippen molar-refractivity contribution in [2.45, 2.75) is 239 Å². The van der Waals surface area contributed by atoms with Crippen molar-refractivity contribution < 1.29 is 28.6 Å². The van der Waals surface area contributed by atoms with Crippen molar-refractivity contribution in [3.8, 4) is 0 Å². The zero-order valence-corrected chi connectivity index (χ0v) is 40.4. The first kappa shape index (κ1) is 58.6. The Balaban J connectivity index is 4.50. The van der Waals surface area contributed by atoms with Crippen LogP contribution in [0.15, 0.2) is 85.1 Å². The Morgan fingerprint density at radius 2 is 0.645 bits per heavy atom. The van der Waals surface area contributed by atoms with Gasteiger partial charge in [0.2, 0.25) is 0 Å². The van der Waals surface area contributed by atoms with Gasteiger partial charge in [-0.25, -0.2) is 0 Å². The summed E-state index contributed by atoms with van der Waals surface area (Å²) in [5.41, 5.74) is 0.